The summed E-state index contributed by atoms with van der Waals surface area (Å²) in [6, 6.07) is -0.355. The number of hydrogen-bond donors (Lipinski definition) is 4. The molecule has 3 rings (SSSR count). The zero-order valence-electron chi connectivity index (χ0n) is 15.5. The van der Waals surface area contributed by atoms with Gasteiger partial charge in [-0.25, -0.2) is 4.99 Å². The van der Waals surface area contributed by atoms with Gasteiger partial charge in [-0.3, -0.25) is 9.98 Å². The van der Waals surface area contributed by atoms with E-state index in [0.717, 1.165) is 29.7 Å². The SMILES string of the molecule is C=NC1=C(C)C=CC2(C=C1)NC(N)=NC(C1=CCCC=C1)C2[NH+]=CN=CN. The number of rotatable bonds is 4. The maximum Gasteiger partial charge on any atom is 0.281 e. The molecule has 1 aliphatic heterocycles. The van der Waals surface area contributed by atoms with Crippen molar-refractivity contribution in [1.82, 2.24) is 5.32 Å². The minimum atomic E-state index is -0.614. The van der Waals surface area contributed by atoms with Crippen molar-refractivity contribution in [2.45, 2.75) is 37.4 Å². The molecule has 7 nitrogen and oxygen atoms in total. The molecule has 7 heteroatoms. The molecule has 0 saturated carbocycles. The lowest BCUT2D eigenvalue weighted by atomic mass is 9.80. The lowest BCUT2D eigenvalue weighted by Crippen LogP contribution is -2.89. The Bertz CT molecular complexity index is 838. The second-order valence-corrected chi connectivity index (χ2v) is 6.67. The van der Waals surface area contributed by atoms with Gasteiger partial charge >= 0.3 is 0 Å². The number of nitrogens with one attached hydrogen (secondary N) is 2. The van der Waals surface area contributed by atoms with Crippen molar-refractivity contribution in [2.24, 2.45) is 26.4 Å². The van der Waals surface area contributed by atoms with Crippen LogP contribution in [0.4, 0.5) is 0 Å². The smallest absolute Gasteiger partial charge is 0.281 e. The van der Waals surface area contributed by atoms with Crippen LogP contribution in [-0.2, 0) is 0 Å². The molecule has 140 valence electrons. The van der Waals surface area contributed by atoms with Crippen molar-refractivity contribution in [3.8, 4) is 0 Å². The first-order chi connectivity index (χ1) is 13.1. The van der Waals surface area contributed by atoms with Gasteiger partial charge in [0.25, 0.3) is 6.34 Å². The van der Waals surface area contributed by atoms with Gasteiger partial charge in [-0.2, -0.15) is 0 Å². The van der Waals surface area contributed by atoms with E-state index in [2.05, 4.69) is 56.3 Å². The minimum absolute atomic E-state index is 0.174. The Morgan fingerprint density at radius 3 is 2.85 bits per heavy atom. The molecule has 27 heavy (non-hydrogen) atoms. The highest BCUT2D eigenvalue weighted by Gasteiger charge is 2.46. The first-order valence-electron chi connectivity index (χ1n) is 8.95. The van der Waals surface area contributed by atoms with Crippen molar-refractivity contribution < 1.29 is 4.99 Å². The summed E-state index contributed by atoms with van der Waals surface area (Å²) in [7, 11) is 0. The number of nitrogens with zero attached hydrogens (tertiary/aromatic N) is 3. The van der Waals surface area contributed by atoms with Gasteiger partial charge in [0.15, 0.2) is 5.96 Å². The second kappa shape index (κ2) is 7.99. The Labute approximate surface area is 159 Å². The summed E-state index contributed by atoms with van der Waals surface area (Å²) in [5.74, 6) is 0.391. The Hall–Kier alpha value is -3.22. The molecule has 0 aromatic carbocycles. The van der Waals surface area contributed by atoms with Crippen molar-refractivity contribution >= 4 is 25.4 Å². The predicted octanol–water partition coefficient (Wildman–Crippen LogP) is -0.147. The molecule has 0 saturated heterocycles. The fourth-order valence-corrected chi connectivity index (χ4v) is 3.55. The van der Waals surface area contributed by atoms with Gasteiger partial charge in [0, 0.05) is 0 Å². The third kappa shape index (κ3) is 3.81. The maximum atomic E-state index is 6.19. The van der Waals surface area contributed by atoms with Crippen LogP contribution in [0, 0.1) is 0 Å². The molecular formula is C20H26N7+. The molecule has 2 aliphatic carbocycles. The average molecular weight is 364 g/mol. The van der Waals surface area contributed by atoms with Gasteiger partial charge in [0.1, 0.15) is 17.6 Å². The average Bonchev–Trinajstić information content (AvgIpc) is 2.83. The van der Waals surface area contributed by atoms with E-state index in [-0.39, 0.29) is 12.1 Å². The lowest BCUT2D eigenvalue weighted by Gasteiger charge is -2.40. The maximum absolute atomic E-state index is 6.19. The normalized spacial score (nSPS) is 30.6. The van der Waals surface area contributed by atoms with Gasteiger partial charge in [-0.1, -0.05) is 30.4 Å². The molecule has 1 heterocycles. The van der Waals surface area contributed by atoms with E-state index >= 15 is 0 Å². The number of allylic oxidation sites excluding steroid dienone is 5. The Morgan fingerprint density at radius 2 is 2.15 bits per heavy atom. The first-order valence-corrected chi connectivity index (χ1v) is 8.95. The van der Waals surface area contributed by atoms with E-state index in [0.29, 0.717) is 5.96 Å². The fraction of sp³-hybridized carbons (Fsp3) is 0.300. The quantitative estimate of drug-likeness (QED) is 0.411. The molecule has 1 spiro atoms. The lowest BCUT2D eigenvalue weighted by molar-refractivity contribution is -0.509. The Kier molecular flexibility index (Phi) is 5.49. The number of hydrogen-bond acceptors (Lipinski definition) is 4. The summed E-state index contributed by atoms with van der Waals surface area (Å²) in [4.78, 5) is 16.1. The highest BCUT2D eigenvalue weighted by atomic mass is 15.2. The fourth-order valence-electron chi connectivity index (χ4n) is 3.55. The Morgan fingerprint density at radius 1 is 1.33 bits per heavy atom. The second-order valence-electron chi connectivity index (χ2n) is 6.67. The largest absolute Gasteiger partial charge is 0.370 e. The van der Waals surface area contributed by atoms with Crippen LogP contribution in [0.3, 0.4) is 0 Å². The van der Waals surface area contributed by atoms with Crippen LogP contribution in [0.2, 0.25) is 0 Å². The molecule has 0 amide bonds. The van der Waals surface area contributed by atoms with Crippen molar-refractivity contribution in [1.29, 1.82) is 0 Å². The van der Waals surface area contributed by atoms with Crippen molar-refractivity contribution in [2.75, 3.05) is 0 Å². The van der Waals surface area contributed by atoms with Gasteiger partial charge in [0.2, 0.25) is 6.34 Å². The highest BCUT2D eigenvalue weighted by Crippen LogP contribution is 2.30. The topological polar surface area (TPSA) is 115 Å². The molecular weight excluding hydrogens is 338 g/mol. The summed E-state index contributed by atoms with van der Waals surface area (Å²) < 4.78 is 0. The third-order valence-corrected chi connectivity index (χ3v) is 4.93. The minimum Gasteiger partial charge on any atom is -0.370 e. The predicted molar refractivity (Wildman–Crippen MR) is 112 cm³/mol. The van der Waals surface area contributed by atoms with Gasteiger partial charge in [-0.15, -0.1) is 0 Å². The molecule has 0 radical (unpaired) electrons. The molecule has 0 bridgehead atoms. The summed E-state index contributed by atoms with van der Waals surface area (Å²) >= 11 is 0. The number of nitrogens with two attached hydrogens (primary N) is 2. The number of aliphatic imine (C=N–C) groups is 3. The molecule has 0 fully saturated rings. The van der Waals surface area contributed by atoms with Crippen molar-refractivity contribution in [3.63, 3.8) is 0 Å². The van der Waals surface area contributed by atoms with Gasteiger partial charge in [-0.05, 0) is 54.8 Å². The highest BCUT2D eigenvalue weighted by molar-refractivity contribution is 5.81. The van der Waals surface area contributed by atoms with E-state index in [9.17, 15) is 0 Å². The summed E-state index contributed by atoms with van der Waals surface area (Å²) in [5.41, 5.74) is 13.9. The zero-order valence-corrected chi connectivity index (χ0v) is 15.5. The molecule has 6 N–H and O–H groups in total. The molecule has 3 unspecified atom stereocenters. The standard InChI is InChI=1S/C20H25N7/c1-14-8-10-20(11-9-16(14)23-2)18(25-13-24-12-21)17(26-19(22)27-20)15-6-4-3-5-7-15/h4,6-13,17-18H,2-3,5H2,1H3,(H2,21,24,25)(H3,22,26,27)/p+1. The van der Waals surface area contributed by atoms with Crippen LogP contribution in [0.5, 0.6) is 0 Å². The molecule has 3 aliphatic rings. The van der Waals surface area contributed by atoms with Crippen LogP contribution in [0.1, 0.15) is 19.8 Å². The van der Waals surface area contributed by atoms with Crippen LogP contribution < -0.4 is 21.8 Å². The van der Waals surface area contributed by atoms with E-state index in [1.54, 1.807) is 6.34 Å². The third-order valence-electron chi connectivity index (χ3n) is 4.93. The first kappa shape index (κ1) is 18.6. The van der Waals surface area contributed by atoms with Crippen LogP contribution in [0.15, 0.2) is 74.4 Å². The van der Waals surface area contributed by atoms with Gasteiger partial charge in [0.05, 0.1) is 5.70 Å². The van der Waals surface area contributed by atoms with Crippen molar-refractivity contribution in [3.05, 3.63) is 59.4 Å². The summed E-state index contributed by atoms with van der Waals surface area (Å²) in [6.45, 7) is 5.66. The zero-order chi connectivity index (χ0) is 19.3. The van der Waals surface area contributed by atoms with E-state index in [1.165, 1.54) is 6.34 Å². The molecule has 0 aromatic heterocycles. The van der Waals surface area contributed by atoms with Crippen LogP contribution in [-0.4, -0.2) is 43.0 Å². The summed E-state index contributed by atoms with van der Waals surface area (Å²) in [5, 5.41) is 3.33. The Balaban J connectivity index is 2.10. The monoisotopic (exact) mass is 364 g/mol. The van der Waals surface area contributed by atoms with E-state index < -0.39 is 5.54 Å². The molecule has 3 atom stereocenters. The summed E-state index contributed by atoms with van der Waals surface area (Å²) in [6.07, 6.45) is 19.5. The van der Waals surface area contributed by atoms with Crippen LogP contribution >= 0.6 is 0 Å². The van der Waals surface area contributed by atoms with Gasteiger partial charge < -0.3 is 16.8 Å². The molecule has 0 aromatic rings. The van der Waals surface area contributed by atoms with Crippen LogP contribution in [0.25, 0.3) is 0 Å². The number of guanidine groups is 1. The van der Waals surface area contributed by atoms with E-state index in [1.807, 2.05) is 25.2 Å². The van der Waals surface area contributed by atoms with E-state index in [4.69, 9.17) is 11.5 Å².